The molecule has 5 heteroatoms. The molecule has 2 rings (SSSR count). The van der Waals surface area contributed by atoms with E-state index in [1.807, 2.05) is 6.07 Å². The summed E-state index contributed by atoms with van der Waals surface area (Å²) < 4.78 is 10.8. The molecule has 1 atom stereocenters. The molecule has 0 bridgehead atoms. The van der Waals surface area contributed by atoms with E-state index in [1.165, 1.54) is 0 Å². The number of fused-ring (bicyclic) bond motifs is 1. The highest BCUT2D eigenvalue weighted by Crippen LogP contribution is 2.32. The third kappa shape index (κ3) is 2.25. The lowest BCUT2D eigenvalue weighted by atomic mass is 10.0. The van der Waals surface area contributed by atoms with E-state index in [9.17, 15) is 4.79 Å². The first-order valence-electron chi connectivity index (χ1n) is 5.10. The lowest BCUT2D eigenvalue weighted by Gasteiger charge is -2.20. The lowest BCUT2D eigenvalue weighted by molar-refractivity contribution is -0.118. The Morgan fingerprint density at radius 1 is 1.31 bits per heavy atom. The first-order chi connectivity index (χ1) is 7.66. The van der Waals surface area contributed by atoms with Crippen LogP contribution in [0, 0.1) is 0 Å². The Kier molecular flexibility index (Phi) is 2.96. The SMILES string of the molecule is NC(=O)C[C@H](N)c1ccc2c(c1)OCCO2. The van der Waals surface area contributed by atoms with Gasteiger partial charge in [0.2, 0.25) is 5.91 Å². The molecule has 5 nitrogen and oxygen atoms in total. The van der Waals surface area contributed by atoms with Gasteiger partial charge in [0.05, 0.1) is 0 Å². The minimum Gasteiger partial charge on any atom is -0.486 e. The van der Waals surface area contributed by atoms with Crippen LogP contribution in [-0.2, 0) is 4.79 Å². The fourth-order valence-electron chi connectivity index (χ4n) is 1.63. The number of nitrogens with two attached hydrogens (primary N) is 2. The molecule has 86 valence electrons. The maximum Gasteiger partial charge on any atom is 0.219 e. The van der Waals surface area contributed by atoms with Crippen LogP contribution in [0.25, 0.3) is 0 Å². The number of ether oxygens (including phenoxy) is 2. The number of primary amides is 1. The Morgan fingerprint density at radius 2 is 2.00 bits per heavy atom. The third-order valence-electron chi connectivity index (χ3n) is 2.42. The summed E-state index contributed by atoms with van der Waals surface area (Å²) in [7, 11) is 0. The van der Waals surface area contributed by atoms with Crippen molar-refractivity contribution in [1.29, 1.82) is 0 Å². The Hall–Kier alpha value is -1.75. The maximum atomic E-state index is 10.8. The summed E-state index contributed by atoms with van der Waals surface area (Å²) in [6.07, 6.45) is 0.125. The molecule has 0 aliphatic carbocycles. The molecule has 4 N–H and O–H groups in total. The first-order valence-corrected chi connectivity index (χ1v) is 5.10. The quantitative estimate of drug-likeness (QED) is 0.771. The molecule has 1 aromatic carbocycles. The molecule has 1 aliphatic rings. The summed E-state index contributed by atoms with van der Waals surface area (Å²) in [4.78, 5) is 10.8. The van der Waals surface area contributed by atoms with Crippen LogP contribution in [0.2, 0.25) is 0 Å². The normalized spacial score (nSPS) is 15.6. The average molecular weight is 222 g/mol. The third-order valence-corrected chi connectivity index (χ3v) is 2.42. The predicted molar refractivity (Wildman–Crippen MR) is 58.2 cm³/mol. The number of amides is 1. The molecule has 1 aliphatic heterocycles. The van der Waals surface area contributed by atoms with Crippen molar-refractivity contribution in [2.45, 2.75) is 12.5 Å². The molecule has 0 fully saturated rings. The van der Waals surface area contributed by atoms with Crippen LogP contribution < -0.4 is 20.9 Å². The molecule has 0 unspecified atom stereocenters. The molecule has 1 aromatic rings. The van der Waals surface area contributed by atoms with Crippen molar-refractivity contribution in [2.24, 2.45) is 11.5 Å². The van der Waals surface area contributed by atoms with Gasteiger partial charge in [0.15, 0.2) is 11.5 Å². The average Bonchev–Trinajstić information content (AvgIpc) is 2.27. The van der Waals surface area contributed by atoms with Gasteiger partial charge in [-0.15, -0.1) is 0 Å². The largest absolute Gasteiger partial charge is 0.486 e. The second-order valence-corrected chi connectivity index (χ2v) is 3.68. The Morgan fingerprint density at radius 3 is 2.69 bits per heavy atom. The monoisotopic (exact) mass is 222 g/mol. The highest BCUT2D eigenvalue weighted by Gasteiger charge is 2.15. The highest BCUT2D eigenvalue weighted by atomic mass is 16.6. The van der Waals surface area contributed by atoms with Crippen molar-refractivity contribution in [3.8, 4) is 11.5 Å². The van der Waals surface area contributed by atoms with E-state index in [-0.39, 0.29) is 6.42 Å². The Labute approximate surface area is 93.3 Å². The van der Waals surface area contributed by atoms with Gasteiger partial charge in [-0.25, -0.2) is 0 Å². The number of carbonyl (C=O) groups is 1. The van der Waals surface area contributed by atoms with Gasteiger partial charge in [0.1, 0.15) is 13.2 Å². The fraction of sp³-hybridized carbons (Fsp3) is 0.364. The van der Waals surface area contributed by atoms with Crippen LogP contribution in [0.15, 0.2) is 18.2 Å². The molecular weight excluding hydrogens is 208 g/mol. The van der Waals surface area contributed by atoms with Gasteiger partial charge in [-0.05, 0) is 17.7 Å². The smallest absolute Gasteiger partial charge is 0.219 e. The van der Waals surface area contributed by atoms with Crippen LogP contribution in [0.3, 0.4) is 0 Å². The molecule has 0 radical (unpaired) electrons. The summed E-state index contributed by atoms with van der Waals surface area (Å²) >= 11 is 0. The van der Waals surface area contributed by atoms with E-state index in [1.54, 1.807) is 12.1 Å². The van der Waals surface area contributed by atoms with Crippen LogP contribution in [0.1, 0.15) is 18.0 Å². The van der Waals surface area contributed by atoms with E-state index in [4.69, 9.17) is 20.9 Å². The first kappa shape index (κ1) is 10.8. The maximum absolute atomic E-state index is 10.8. The minimum atomic E-state index is -0.414. The molecule has 1 heterocycles. The van der Waals surface area contributed by atoms with Crippen molar-refractivity contribution < 1.29 is 14.3 Å². The van der Waals surface area contributed by atoms with Gasteiger partial charge in [-0.1, -0.05) is 6.07 Å². The Balaban J connectivity index is 2.19. The summed E-state index contributed by atoms with van der Waals surface area (Å²) in [5.41, 5.74) is 11.7. The number of benzene rings is 1. The van der Waals surface area contributed by atoms with Gasteiger partial charge in [0, 0.05) is 12.5 Å². The van der Waals surface area contributed by atoms with E-state index in [2.05, 4.69) is 0 Å². The number of hydrogen-bond acceptors (Lipinski definition) is 4. The zero-order chi connectivity index (χ0) is 11.5. The molecular formula is C11H14N2O3. The van der Waals surface area contributed by atoms with Crippen molar-refractivity contribution in [3.05, 3.63) is 23.8 Å². The van der Waals surface area contributed by atoms with Crippen LogP contribution in [-0.4, -0.2) is 19.1 Å². The lowest BCUT2D eigenvalue weighted by Crippen LogP contribution is -2.21. The second kappa shape index (κ2) is 4.40. The minimum absolute atomic E-state index is 0.125. The molecule has 1 amide bonds. The van der Waals surface area contributed by atoms with Crippen molar-refractivity contribution in [2.75, 3.05) is 13.2 Å². The van der Waals surface area contributed by atoms with Crippen molar-refractivity contribution in [1.82, 2.24) is 0 Å². The Bertz CT molecular complexity index is 406. The standard InChI is InChI=1S/C11H14N2O3/c12-8(6-11(13)14)7-1-2-9-10(5-7)16-4-3-15-9/h1-2,5,8H,3-4,6,12H2,(H2,13,14)/t8-/m0/s1. The molecule has 16 heavy (non-hydrogen) atoms. The van der Waals surface area contributed by atoms with E-state index < -0.39 is 11.9 Å². The van der Waals surface area contributed by atoms with Crippen LogP contribution in [0.4, 0.5) is 0 Å². The molecule has 0 aromatic heterocycles. The van der Waals surface area contributed by atoms with Gasteiger partial charge < -0.3 is 20.9 Å². The van der Waals surface area contributed by atoms with E-state index >= 15 is 0 Å². The van der Waals surface area contributed by atoms with Crippen LogP contribution >= 0.6 is 0 Å². The zero-order valence-corrected chi connectivity index (χ0v) is 8.81. The number of carbonyl (C=O) groups excluding carboxylic acids is 1. The van der Waals surface area contributed by atoms with Gasteiger partial charge in [-0.2, -0.15) is 0 Å². The van der Waals surface area contributed by atoms with Crippen molar-refractivity contribution >= 4 is 5.91 Å². The number of rotatable bonds is 3. The summed E-state index contributed by atoms with van der Waals surface area (Å²) in [6.45, 7) is 1.08. The summed E-state index contributed by atoms with van der Waals surface area (Å²) in [5.74, 6) is 0.965. The molecule has 0 saturated heterocycles. The van der Waals surface area contributed by atoms with Gasteiger partial charge in [0.25, 0.3) is 0 Å². The highest BCUT2D eigenvalue weighted by molar-refractivity contribution is 5.74. The second-order valence-electron chi connectivity index (χ2n) is 3.68. The van der Waals surface area contributed by atoms with E-state index in [0.29, 0.717) is 24.7 Å². The van der Waals surface area contributed by atoms with Gasteiger partial charge in [-0.3, -0.25) is 4.79 Å². The van der Waals surface area contributed by atoms with Gasteiger partial charge >= 0.3 is 0 Å². The molecule has 0 spiro atoms. The zero-order valence-electron chi connectivity index (χ0n) is 8.81. The van der Waals surface area contributed by atoms with Crippen LogP contribution in [0.5, 0.6) is 11.5 Å². The van der Waals surface area contributed by atoms with Crippen molar-refractivity contribution in [3.63, 3.8) is 0 Å². The van der Waals surface area contributed by atoms with E-state index in [0.717, 1.165) is 5.56 Å². The number of hydrogen-bond donors (Lipinski definition) is 2. The molecule has 0 saturated carbocycles. The summed E-state index contributed by atoms with van der Waals surface area (Å²) in [6, 6.07) is 5.02. The summed E-state index contributed by atoms with van der Waals surface area (Å²) in [5, 5.41) is 0. The predicted octanol–water partition coefficient (Wildman–Crippen LogP) is 0.333. The topological polar surface area (TPSA) is 87.6 Å². The fourth-order valence-corrected chi connectivity index (χ4v) is 1.63.